The van der Waals surface area contributed by atoms with Gasteiger partial charge in [0.15, 0.2) is 5.76 Å². The number of hydrogen-bond acceptors (Lipinski definition) is 5. The Morgan fingerprint density at radius 1 is 1.23 bits per heavy atom. The van der Waals surface area contributed by atoms with Crippen LogP contribution < -0.4 is 9.47 Å². The van der Waals surface area contributed by atoms with Crippen LogP contribution in [0.15, 0.2) is 40.9 Å². The highest BCUT2D eigenvalue weighted by atomic mass is 16.5. The Bertz CT molecular complexity index is 566. The van der Waals surface area contributed by atoms with Crippen LogP contribution in [0.3, 0.4) is 0 Å². The van der Waals surface area contributed by atoms with E-state index in [0.29, 0.717) is 24.9 Å². The second-order valence-electron chi connectivity index (χ2n) is 5.79. The summed E-state index contributed by atoms with van der Waals surface area (Å²) < 4.78 is 16.4. The first-order valence-corrected chi connectivity index (χ1v) is 7.74. The summed E-state index contributed by atoms with van der Waals surface area (Å²) in [5.41, 5.74) is 0. The molecule has 0 aliphatic heterocycles. The second-order valence-corrected chi connectivity index (χ2v) is 5.79. The normalized spacial score (nSPS) is 14.3. The van der Waals surface area contributed by atoms with Crippen LogP contribution >= 0.6 is 0 Å². The predicted molar refractivity (Wildman–Crippen MR) is 83.0 cm³/mol. The van der Waals surface area contributed by atoms with Gasteiger partial charge in [0.05, 0.1) is 0 Å². The van der Waals surface area contributed by atoms with Crippen LogP contribution in [-0.4, -0.2) is 36.8 Å². The minimum Gasteiger partial charge on any atom is -0.486 e. The van der Waals surface area contributed by atoms with Gasteiger partial charge in [0.2, 0.25) is 0 Å². The third-order valence-corrected chi connectivity index (χ3v) is 3.65. The average molecular weight is 302 g/mol. The molecule has 1 fully saturated rings. The fourth-order valence-electron chi connectivity index (χ4n) is 2.24. The van der Waals surface area contributed by atoms with E-state index in [1.165, 1.54) is 19.4 Å². The highest BCUT2D eigenvalue weighted by Crippen LogP contribution is 2.29. The van der Waals surface area contributed by atoms with Crippen LogP contribution in [-0.2, 0) is 6.61 Å². The number of likely N-dealkylation sites (N-methyl/N-ethyl adjacent to an activating group) is 1. The first-order chi connectivity index (χ1) is 10.8. The van der Waals surface area contributed by atoms with Crippen molar-refractivity contribution in [3.05, 3.63) is 42.2 Å². The van der Waals surface area contributed by atoms with Crippen molar-refractivity contribution >= 4 is 0 Å². The van der Waals surface area contributed by atoms with Crippen molar-refractivity contribution in [2.45, 2.75) is 19.4 Å². The highest BCUT2D eigenvalue weighted by molar-refractivity contribution is 5.21. The Labute approximate surface area is 130 Å². The maximum absolute atomic E-state index is 5.61. The quantitative estimate of drug-likeness (QED) is 0.712. The van der Waals surface area contributed by atoms with E-state index in [1.54, 1.807) is 6.07 Å². The van der Waals surface area contributed by atoms with Crippen molar-refractivity contribution < 1.29 is 14.0 Å². The van der Waals surface area contributed by atoms with E-state index in [4.69, 9.17) is 14.0 Å². The van der Waals surface area contributed by atoms with Gasteiger partial charge in [-0.15, -0.1) is 0 Å². The molecule has 5 heteroatoms. The van der Waals surface area contributed by atoms with Gasteiger partial charge in [-0.25, -0.2) is 0 Å². The topological polar surface area (TPSA) is 47.7 Å². The molecule has 5 nitrogen and oxygen atoms in total. The standard InChI is InChI=1S/C17H22N2O3/c1-19(12-14-7-8-14)9-10-20-17-11-16(22-18-17)13-21-15-5-3-2-4-6-15/h2-6,11,14H,7-10,12-13H2,1H3. The van der Waals surface area contributed by atoms with E-state index < -0.39 is 0 Å². The molecule has 1 heterocycles. The summed E-state index contributed by atoms with van der Waals surface area (Å²) >= 11 is 0. The lowest BCUT2D eigenvalue weighted by molar-refractivity contribution is 0.212. The molecule has 1 aliphatic rings. The number of aromatic nitrogens is 1. The fraction of sp³-hybridized carbons (Fsp3) is 0.471. The lowest BCUT2D eigenvalue weighted by Gasteiger charge is -2.15. The molecule has 0 atom stereocenters. The van der Waals surface area contributed by atoms with Crippen molar-refractivity contribution in [1.29, 1.82) is 0 Å². The van der Waals surface area contributed by atoms with E-state index in [2.05, 4.69) is 17.1 Å². The molecule has 1 aliphatic carbocycles. The van der Waals surface area contributed by atoms with Crippen molar-refractivity contribution in [2.75, 3.05) is 26.7 Å². The van der Waals surface area contributed by atoms with Gasteiger partial charge in [-0.2, -0.15) is 0 Å². The third-order valence-electron chi connectivity index (χ3n) is 3.65. The minimum absolute atomic E-state index is 0.349. The molecule has 22 heavy (non-hydrogen) atoms. The molecule has 1 aromatic heterocycles. The van der Waals surface area contributed by atoms with Crippen LogP contribution in [0, 0.1) is 5.92 Å². The molecule has 118 valence electrons. The van der Waals surface area contributed by atoms with Gasteiger partial charge in [-0.1, -0.05) is 18.2 Å². The van der Waals surface area contributed by atoms with Crippen molar-refractivity contribution in [1.82, 2.24) is 10.1 Å². The first kappa shape index (κ1) is 14.9. The maximum atomic E-state index is 5.61. The molecule has 0 N–H and O–H groups in total. The number of hydrogen-bond donors (Lipinski definition) is 0. The summed E-state index contributed by atoms with van der Waals surface area (Å²) in [4.78, 5) is 2.30. The summed E-state index contributed by atoms with van der Waals surface area (Å²) in [6.45, 7) is 3.04. The molecule has 3 rings (SSSR count). The molecule has 0 saturated heterocycles. The second kappa shape index (κ2) is 7.31. The predicted octanol–water partition coefficient (Wildman–Crippen LogP) is 2.97. The molecule has 1 aromatic carbocycles. The van der Waals surface area contributed by atoms with Crippen molar-refractivity contribution in [3.63, 3.8) is 0 Å². The fourth-order valence-corrected chi connectivity index (χ4v) is 2.24. The molecular weight excluding hydrogens is 280 g/mol. The summed E-state index contributed by atoms with van der Waals surface area (Å²) in [7, 11) is 2.13. The Morgan fingerprint density at radius 2 is 2.05 bits per heavy atom. The summed E-state index contributed by atoms with van der Waals surface area (Å²) in [5.74, 6) is 2.89. The number of benzene rings is 1. The van der Waals surface area contributed by atoms with E-state index >= 15 is 0 Å². The van der Waals surface area contributed by atoms with Gasteiger partial charge in [0, 0.05) is 19.2 Å². The first-order valence-electron chi connectivity index (χ1n) is 7.74. The van der Waals surface area contributed by atoms with Gasteiger partial charge in [-0.05, 0) is 43.1 Å². The van der Waals surface area contributed by atoms with Crippen LogP contribution in [0.2, 0.25) is 0 Å². The van der Waals surface area contributed by atoms with E-state index in [-0.39, 0.29) is 0 Å². The lowest BCUT2D eigenvalue weighted by atomic mass is 10.3. The van der Waals surface area contributed by atoms with Crippen LogP contribution in [0.1, 0.15) is 18.6 Å². The number of rotatable bonds is 9. The number of nitrogens with zero attached hydrogens (tertiary/aromatic N) is 2. The molecule has 0 unspecified atom stereocenters. The van der Waals surface area contributed by atoms with Gasteiger partial charge < -0.3 is 18.9 Å². The number of para-hydroxylation sites is 1. The smallest absolute Gasteiger partial charge is 0.254 e. The highest BCUT2D eigenvalue weighted by Gasteiger charge is 2.22. The van der Waals surface area contributed by atoms with Crippen LogP contribution in [0.4, 0.5) is 0 Å². The molecule has 0 spiro atoms. The van der Waals surface area contributed by atoms with E-state index in [0.717, 1.165) is 18.2 Å². The Balaban J connectivity index is 1.37. The lowest BCUT2D eigenvalue weighted by Crippen LogP contribution is -2.26. The van der Waals surface area contributed by atoms with E-state index in [9.17, 15) is 0 Å². The van der Waals surface area contributed by atoms with Crippen molar-refractivity contribution in [3.8, 4) is 11.6 Å². The molecule has 0 bridgehead atoms. The van der Waals surface area contributed by atoms with Gasteiger partial charge in [0.25, 0.3) is 5.88 Å². The van der Waals surface area contributed by atoms with Gasteiger partial charge in [-0.3, -0.25) is 0 Å². The van der Waals surface area contributed by atoms with Crippen LogP contribution in [0.25, 0.3) is 0 Å². The zero-order valence-electron chi connectivity index (χ0n) is 12.9. The maximum Gasteiger partial charge on any atom is 0.254 e. The zero-order valence-corrected chi connectivity index (χ0v) is 12.9. The monoisotopic (exact) mass is 302 g/mol. The van der Waals surface area contributed by atoms with Gasteiger partial charge >= 0.3 is 0 Å². The van der Waals surface area contributed by atoms with Crippen molar-refractivity contribution in [2.24, 2.45) is 5.92 Å². The minimum atomic E-state index is 0.349. The number of ether oxygens (including phenoxy) is 2. The molecule has 1 saturated carbocycles. The van der Waals surface area contributed by atoms with Gasteiger partial charge in [0.1, 0.15) is 19.0 Å². The molecule has 0 amide bonds. The zero-order chi connectivity index (χ0) is 15.2. The van der Waals surface area contributed by atoms with E-state index in [1.807, 2.05) is 30.3 Å². The third kappa shape index (κ3) is 4.77. The molecule has 0 radical (unpaired) electrons. The summed E-state index contributed by atoms with van der Waals surface area (Å²) in [5, 5.41) is 3.90. The Kier molecular flexibility index (Phi) is 4.96. The SMILES string of the molecule is CN(CCOc1cc(COc2ccccc2)on1)CC1CC1. The Hall–Kier alpha value is -2.01. The Morgan fingerprint density at radius 3 is 2.82 bits per heavy atom. The largest absolute Gasteiger partial charge is 0.486 e. The summed E-state index contributed by atoms with van der Waals surface area (Å²) in [6.07, 6.45) is 2.75. The average Bonchev–Trinajstić information content (AvgIpc) is 3.23. The molecular formula is C17H22N2O3. The molecule has 2 aromatic rings. The van der Waals surface area contributed by atoms with Crippen LogP contribution in [0.5, 0.6) is 11.6 Å². The summed E-state index contributed by atoms with van der Waals surface area (Å²) in [6, 6.07) is 11.4.